The molecule has 0 atom stereocenters. The maximum atomic E-state index is 5.23. The molecule has 0 aliphatic rings. The van der Waals surface area contributed by atoms with Crippen molar-refractivity contribution in [3.63, 3.8) is 0 Å². The van der Waals surface area contributed by atoms with Crippen LogP contribution in [-0.2, 0) is 6.54 Å². The van der Waals surface area contributed by atoms with Gasteiger partial charge in [-0.2, -0.15) is 4.98 Å². The normalized spacial score (nSPS) is 11.2. The van der Waals surface area contributed by atoms with E-state index in [1.54, 1.807) is 11.8 Å². The van der Waals surface area contributed by atoms with Crippen LogP contribution in [-0.4, -0.2) is 22.9 Å². The van der Waals surface area contributed by atoms with E-state index < -0.39 is 0 Å². The molecule has 0 spiro atoms. The quantitative estimate of drug-likeness (QED) is 0.822. The zero-order valence-corrected chi connectivity index (χ0v) is 12.3. The molecule has 1 aromatic heterocycles. The SMILES string of the molecule is CSc1ccc(-c2noc(CNCC(C)C)n2)cc1. The lowest BCUT2D eigenvalue weighted by atomic mass is 10.2. The number of nitrogens with one attached hydrogen (secondary N) is 1. The summed E-state index contributed by atoms with van der Waals surface area (Å²) < 4.78 is 5.23. The Morgan fingerprint density at radius 3 is 2.63 bits per heavy atom. The van der Waals surface area contributed by atoms with Gasteiger partial charge in [-0.1, -0.05) is 19.0 Å². The van der Waals surface area contributed by atoms with Gasteiger partial charge in [-0.15, -0.1) is 11.8 Å². The van der Waals surface area contributed by atoms with E-state index in [1.165, 1.54) is 4.90 Å². The lowest BCUT2D eigenvalue weighted by Gasteiger charge is -2.03. The zero-order valence-electron chi connectivity index (χ0n) is 11.5. The van der Waals surface area contributed by atoms with Crippen molar-refractivity contribution in [2.24, 2.45) is 5.92 Å². The molecule has 19 heavy (non-hydrogen) atoms. The van der Waals surface area contributed by atoms with Gasteiger partial charge in [0, 0.05) is 10.5 Å². The lowest BCUT2D eigenvalue weighted by molar-refractivity contribution is 0.364. The Labute approximate surface area is 118 Å². The van der Waals surface area contributed by atoms with Crippen LogP contribution in [0.4, 0.5) is 0 Å². The van der Waals surface area contributed by atoms with Crippen molar-refractivity contribution in [2.45, 2.75) is 25.3 Å². The Morgan fingerprint density at radius 2 is 2.00 bits per heavy atom. The van der Waals surface area contributed by atoms with Gasteiger partial charge in [0.25, 0.3) is 0 Å². The Hall–Kier alpha value is -1.33. The largest absolute Gasteiger partial charge is 0.338 e. The Bertz CT molecular complexity index is 508. The molecule has 0 saturated carbocycles. The second-order valence-corrected chi connectivity index (χ2v) is 5.64. The summed E-state index contributed by atoms with van der Waals surface area (Å²) in [5.74, 6) is 1.89. The summed E-state index contributed by atoms with van der Waals surface area (Å²) in [6, 6.07) is 8.16. The molecule has 2 rings (SSSR count). The van der Waals surface area contributed by atoms with Gasteiger partial charge >= 0.3 is 0 Å². The van der Waals surface area contributed by atoms with E-state index in [4.69, 9.17) is 4.52 Å². The Balaban J connectivity index is 1.99. The third-order valence-electron chi connectivity index (χ3n) is 2.65. The minimum atomic E-state index is 0.612. The summed E-state index contributed by atoms with van der Waals surface area (Å²) >= 11 is 1.72. The van der Waals surface area contributed by atoms with E-state index in [1.807, 2.05) is 12.1 Å². The molecular formula is C14H19N3OS. The van der Waals surface area contributed by atoms with Crippen LogP contribution in [0, 0.1) is 5.92 Å². The molecule has 0 aliphatic heterocycles. The van der Waals surface area contributed by atoms with E-state index in [0.29, 0.717) is 24.2 Å². The third kappa shape index (κ3) is 4.08. The van der Waals surface area contributed by atoms with Crippen LogP contribution in [0.25, 0.3) is 11.4 Å². The second kappa shape index (κ2) is 6.73. The highest BCUT2D eigenvalue weighted by atomic mass is 32.2. The summed E-state index contributed by atoms with van der Waals surface area (Å²) in [5.41, 5.74) is 0.983. The molecule has 0 unspecified atom stereocenters. The molecule has 0 fully saturated rings. The highest BCUT2D eigenvalue weighted by Gasteiger charge is 2.08. The van der Waals surface area contributed by atoms with Crippen molar-refractivity contribution >= 4 is 11.8 Å². The van der Waals surface area contributed by atoms with E-state index in [9.17, 15) is 0 Å². The second-order valence-electron chi connectivity index (χ2n) is 4.76. The van der Waals surface area contributed by atoms with E-state index in [2.05, 4.69) is 47.7 Å². The lowest BCUT2D eigenvalue weighted by Crippen LogP contribution is -2.19. The molecule has 1 heterocycles. The molecule has 1 N–H and O–H groups in total. The average Bonchev–Trinajstić information content (AvgIpc) is 2.87. The molecule has 0 bridgehead atoms. The van der Waals surface area contributed by atoms with Crippen LogP contribution >= 0.6 is 11.8 Å². The van der Waals surface area contributed by atoms with Gasteiger partial charge in [0.1, 0.15) is 0 Å². The van der Waals surface area contributed by atoms with Crippen molar-refractivity contribution in [1.82, 2.24) is 15.5 Å². The van der Waals surface area contributed by atoms with Crippen LogP contribution in [0.3, 0.4) is 0 Å². The van der Waals surface area contributed by atoms with Crippen LogP contribution < -0.4 is 5.32 Å². The van der Waals surface area contributed by atoms with Gasteiger partial charge in [-0.25, -0.2) is 0 Å². The van der Waals surface area contributed by atoms with Gasteiger partial charge in [0.2, 0.25) is 11.7 Å². The number of benzene rings is 1. The summed E-state index contributed by atoms with van der Waals surface area (Å²) in [6.45, 7) is 5.90. The molecule has 102 valence electrons. The average molecular weight is 277 g/mol. The van der Waals surface area contributed by atoms with Crippen LogP contribution in [0.15, 0.2) is 33.7 Å². The first-order valence-corrected chi connectivity index (χ1v) is 7.59. The molecule has 1 aromatic carbocycles. The topological polar surface area (TPSA) is 51.0 Å². The number of hydrogen-bond donors (Lipinski definition) is 1. The van der Waals surface area contributed by atoms with Crippen molar-refractivity contribution in [3.8, 4) is 11.4 Å². The molecule has 0 saturated heterocycles. The highest BCUT2D eigenvalue weighted by molar-refractivity contribution is 7.98. The predicted octanol–water partition coefficient (Wildman–Crippen LogP) is 3.20. The highest BCUT2D eigenvalue weighted by Crippen LogP contribution is 2.20. The molecule has 0 radical (unpaired) electrons. The van der Waals surface area contributed by atoms with E-state index in [-0.39, 0.29) is 0 Å². The number of thioether (sulfide) groups is 1. The summed E-state index contributed by atoms with van der Waals surface area (Å²) in [7, 11) is 0. The first kappa shape index (κ1) is 14.1. The molecular weight excluding hydrogens is 258 g/mol. The van der Waals surface area contributed by atoms with Gasteiger partial charge in [0.15, 0.2) is 0 Å². The fourth-order valence-corrected chi connectivity index (χ4v) is 2.06. The fourth-order valence-electron chi connectivity index (χ4n) is 1.65. The fraction of sp³-hybridized carbons (Fsp3) is 0.429. The van der Waals surface area contributed by atoms with E-state index >= 15 is 0 Å². The molecule has 0 aliphatic carbocycles. The molecule has 5 heteroatoms. The number of aromatic nitrogens is 2. The number of nitrogens with zero attached hydrogens (tertiary/aromatic N) is 2. The minimum Gasteiger partial charge on any atom is -0.338 e. The minimum absolute atomic E-state index is 0.612. The van der Waals surface area contributed by atoms with E-state index in [0.717, 1.165) is 12.1 Å². The third-order valence-corrected chi connectivity index (χ3v) is 3.39. The molecule has 0 amide bonds. The monoisotopic (exact) mass is 277 g/mol. The van der Waals surface area contributed by atoms with Crippen molar-refractivity contribution in [2.75, 3.05) is 12.8 Å². The van der Waals surface area contributed by atoms with Crippen molar-refractivity contribution in [1.29, 1.82) is 0 Å². The first-order chi connectivity index (χ1) is 9.19. The van der Waals surface area contributed by atoms with Crippen molar-refractivity contribution in [3.05, 3.63) is 30.2 Å². The van der Waals surface area contributed by atoms with Crippen LogP contribution in [0.5, 0.6) is 0 Å². The molecule has 4 nitrogen and oxygen atoms in total. The standard InChI is InChI=1S/C14H19N3OS/c1-10(2)8-15-9-13-16-14(17-18-13)11-4-6-12(19-3)7-5-11/h4-7,10,15H,8-9H2,1-3H3. The maximum absolute atomic E-state index is 5.23. The summed E-state index contributed by atoms with van der Waals surface area (Å²) in [6.07, 6.45) is 2.06. The van der Waals surface area contributed by atoms with Crippen molar-refractivity contribution < 1.29 is 4.52 Å². The Morgan fingerprint density at radius 1 is 1.26 bits per heavy atom. The maximum Gasteiger partial charge on any atom is 0.240 e. The number of rotatable bonds is 6. The first-order valence-electron chi connectivity index (χ1n) is 6.36. The van der Waals surface area contributed by atoms with Gasteiger partial charge in [-0.3, -0.25) is 0 Å². The zero-order chi connectivity index (χ0) is 13.7. The Kier molecular flexibility index (Phi) is 4.99. The summed E-state index contributed by atoms with van der Waals surface area (Å²) in [5, 5.41) is 7.29. The summed E-state index contributed by atoms with van der Waals surface area (Å²) in [4.78, 5) is 5.61. The van der Waals surface area contributed by atoms with Gasteiger partial charge in [0.05, 0.1) is 6.54 Å². The van der Waals surface area contributed by atoms with Gasteiger partial charge < -0.3 is 9.84 Å². The predicted molar refractivity (Wildman–Crippen MR) is 78.1 cm³/mol. The van der Waals surface area contributed by atoms with Gasteiger partial charge in [-0.05, 0) is 43.0 Å². The van der Waals surface area contributed by atoms with Crippen LogP contribution in [0.1, 0.15) is 19.7 Å². The smallest absolute Gasteiger partial charge is 0.240 e. The molecule has 2 aromatic rings. The van der Waals surface area contributed by atoms with Crippen LogP contribution in [0.2, 0.25) is 0 Å². The number of hydrogen-bond acceptors (Lipinski definition) is 5.